The summed E-state index contributed by atoms with van der Waals surface area (Å²) in [7, 11) is 0. The van der Waals surface area contributed by atoms with Crippen LogP contribution >= 0.6 is 0 Å². The minimum Gasteiger partial charge on any atom is -0.356 e. The number of hydrogen-bond acceptors (Lipinski definition) is 1. The molecule has 1 aromatic heterocycles. The molecule has 1 N–H and O–H groups in total. The molecule has 1 aliphatic heterocycles. The number of hydrogen-bond donors (Lipinski definition) is 1. The van der Waals surface area contributed by atoms with Crippen molar-refractivity contribution in [1.29, 1.82) is 0 Å². The molecule has 2 aliphatic rings. The van der Waals surface area contributed by atoms with Crippen LogP contribution in [-0.2, 0) is 11.2 Å². The van der Waals surface area contributed by atoms with E-state index in [-0.39, 0.29) is 23.8 Å². The number of nitrogens with zero attached hydrogens (tertiary/aromatic N) is 1. The lowest BCUT2D eigenvalue weighted by atomic mass is 9.82. The van der Waals surface area contributed by atoms with Crippen molar-refractivity contribution in [2.45, 2.75) is 44.2 Å². The van der Waals surface area contributed by atoms with Crippen LogP contribution in [0.25, 0.3) is 10.9 Å². The van der Waals surface area contributed by atoms with E-state index in [0.29, 0.717) is 5.92 Å². The second-order valence-corrected chi connectivity index (χ2v) is 8.19. The van der Waals surface area contributed by atoms with E-state index in [2.05, 4.69) is 23.0 Å². The first kappa shape index (κ1) is 18.0. The number of nitrogens with one attached hydrogen (secondary N) is 1. The van der Waals surface area contributed by atoms with Crippen molar-refractivity contribution in [3.63, 3.8) is 0 Å². The Morgan fingerprint density at radius 1 is 1.10 bits per heavy atom. The van der Waals surface area contributed by atoms with Crippen molar-refractivity contribution in [2.75, 3.05) is 0 Å². The Kier molecular flexibility index (Phi) is 4.39. The zero-order valence-corrected chi connectivity index (χ0v) is 16.2. The summed E-state index contributed by atoms with van der Waals surface area (Å²) in [6.07, 6.45) is 11.0. The van der Waals surface area contributed by atoms with Gasteiger partial charge in [-0.25, -0.2) is 4.39 Å². The Morgan fingerprint density at radius 3 is 2.55 bits per heavy atom. The number of para-hydroxylation sites is 1. The van der Waals surface area contributed by atoms with Gasteiger partial charge in [-0.3, -0.25) is 4.79 Å². The van der Waals surface area contributed by atoms with Gasteiger partial charge in [0.25, 0.3) is 5.91 Å². The Balaban J connectivity index is 1.74. The molecule has 0 unspecified atom stereocenters. The van der Waals surface area contributed by atoms with Crippen molar-refractivity contribution in [1.82, 2.24) is 9.88 Å². The van der Waals surface area contributed by atoms with Crippen molar-refractivity contribution >= 4 is 16.8 Å². The lowest BCUT2D eigenvalue weighted by Gasteiger charge is -2.44. The number of terminal acetylenes is 1. The molecule has 1 aliphatic carbocycles. The Hall–Kier alpha value is -3.06. The fourth-order valence-corrected chi connectivity index (χ4v) is 5.36. The SMILES string of the molecule is C#CC(=O)N1[C@@H](c2ccc(F)cc2)c2[nH]c3ccccc3c2C[C@@H]1C1CCCC1. The molecule has 2 atom stereocenters. The predicted octanol–water partition coefficient (Wildman–Crippen LogP) is 4.97. The summed E-state index contributed by atoms with van der Waals surface area (Å²) in [6, 6.07) is 14.4. The fraction of sp³-hybridized carbons (Fsp3) is 0.320. The molecule has 5 rings (SSSR count). The molecule has 0 saturated heterocycles. The molecular weight excluding hydrogens is 363 g/mol. The lowest BCUT2D eigenvalue weighted by Crippen LogP contribution is -2.50. The summed E-state index contributed by atoms with van der Waals surface area (Å²) in [5, 5.41) is 1.20. The highest BCUT2D eigenvalue weighted by molar-refractivity contribution is 5.95. The predicted molar refractivity (Wildman–Crippen MR) is 112 cm³/mol. The summed E-state index contributed by atoms with van der Waals surface area (Å²) in [4.78, 5) is 18.4. The normalized spacial score (nSPS) is 21.9. The highest BCUT2D eigenvalue weighted by Crippen LogP contribution is 2.45. The third kappa shape index (κ3) is 2.93. The van der Waals surface area contributed by atoms with Gasteiger partial charge in [0.05, 0.1) is 6.04 Å². The number of carbonyl (C=O) groups is 1. The molecule has 2 heterocycles. The first-order chi connectivity index (χ1) is 14.2. The number of aromatic nitrogens is 1. The molecule has 0 spiro atoms. The first-order valence-electron chi connectivity index (χ1n) is 10.3. The Labute approximate surface area is 169 Å². The van der Waals surface area contributed by atoms with Gasteiger partial charge in [0.2, 0.25) is 0 Å². The van der Waals surface area contributed by atoms with Gasteiger partial charge in [0.15, 0.2) is 0 Å². The molecule has 3 nitrogen and oxygen atoms in total. The van der Waals surface area contributed by atoms with Crippen LogP contribution in [0.3, 0.4) is 0 Å². The summed E-state index contributed by atoms with van der Waals surface area (Å²) < 4.78 is 13.6. The number of aromatic amines is 1. The second-order valence-electron chi connectivity index (χ2n) is 8.19. The quantitative estimate of drug-likeness (QED) is 0.620. The Morgan fingerprint density at radius 2 is 1.83 bits per heavy atom. The van der Waals surface area contributed by atoms with Crippen molar-refractivity contribution in [3.05, 3.63) is 71.2 Å². The average Bonchev–Trinajstić information content (AvgIpc) is 3.40. The van der Waals surface area contributed by atoms with Gasteiger partial charge >= 0.3 is 0 Å². The van der Waals surface area contributed by atoms with Crippen LogP contribution in [0.5, 0.6) is 0 Å². The molecule has 2 aromatic carbocycles. The number of H-pyrrole nitrogens is 1. The highest BCUT2D eigenvalue weighted by Gasteiger charge is 2.43. The van der Waals surface area contributed by atoms with E-state index >= 15 is 0 Å². The Bertz CT molecular complexity index is 1100. The molecule has 1 amide bonds. The van der Waals surface area contributed by atoms with Crippen LogP contribution < -0.4 is 0 Å². The molecule has 29 heavy (non-hydrogen) atoms. The maximum absolute atomic E-state index is 13.6. The van der Waals surface area contributed by atoms with Gasteiger partial charge in [-0.2, -0.15) is 0 Å². The van der Waals surface area contributed by atoms with Gasteiger partial charge in [-0.15, -0.1) is 6.42 Å². The van der Waals surface area contributed by atoms with Gasteiger partial charge in [0.1, 0.15) is 5.82 Å². The largest absolute Gasteiger partial charge is 0.356 e. The number of benzene rings is 2. The van der Waals surface area contributed by atoms with E-state index in [9.17, 15) is 9.18 Å². The van der Waals surface area contributed by atoms with Crippen LogP contribution in [0.2, 0.25) is 0 Å². The maximum atomic E-state index is 13.6. The van der Waals surface area contributed by atoms with E-state index in [0.717, 1.165) is 36.0 Å². The summed E-state index contributed by atoms with van der Waals surface area (Å²) >= 11 is 0. The van der Waals surface area contributed by atoms with Crippen molar-refractivity contribution in [3.8, 4) is 12.3 Å². The molecule has 3 aromatic rings. The standard InChI is InChI=1S/C25H23FN2O/c1-2-23(29)28-22(16-7-3-4-8-16)15-20-19-9-5-6-10-21(19)27-24(20)25(28)17-11-13-18(26)14-12-17/h1,5-6,9-14,16,22,25,27H,3-4,7-8,15H2/t22-,25+/m1/s1. The average molecular weight is 386 g/mol. The third-order valence-electron chi connectivity index (χ3n) is 6.66. The number of amides is 1. The number of rotatable bonds is 2. The summed E-state index contributed by atoms with van der Waals surface area (Å²) in [5.41, 5.74) is 4.19. The monoisotopic (exact) mass is 386 g/mol. The van der Waals surface area contributed by atoms with E-state index in [4.69, 9.17) is 6.42 Å². The van der Waals surface area contributed by atoms with Crippen LogP contribution in [0.15, 0.2) is 48.5 Å². The minimum absolute atomic E-state index is 0.0582. The van der Waals surface area contributed by atoms with Crippen LogP contribution in [0, 0.1) is 24.1 Å². The van der Waals surface area contributed by atoms with Crippen molar-refractivity contribution in [2.24, 2.45) is 5.92 Å². The number of fused-ring (bicyclic) bond motifs is 3. The van der Waals surface area contributed by atoms with Crippen LogP contribution in [0.4, 0.5) is 4.39 Å². The first-order valence-corrected chi connectivity index (χ1v) is 10.3. The van der Waals surface area contributed by atoms with Gasteiger partial charge < -0.3 is 9.88 Å². The van der Waals surface area contributed by atoms with Gasteiger partial charge in [-0.05, 0) is 60.4 Å². The third-order valence-corrected chi connectivity index (χ3v) is 6.66. The van der Waals surface area contributed by atoms with Crippen LogP contribution in [0.1, 0.15) is 48.5 Å². The van der Waals surface area contributed by atoms with E-state index in [1.165, 1.54) is 35.9 Å². The number of halogens is 1. The summed E-state index contributed by atoms with van der Waals surface area (Å²) in [6.45, 7) is 0. The van der Waals surface area contributed by atoms with E-state index in [1.807, 2.05) is 17.0 Å². The lowest BCUT2D eigenvalue weighted by molar-refractivity contribution is -0.131. The zero-order chi connectivity index (χ0) is 20.0. The molecule has 1 fully saturated rings. The van der Waals surface area contributed by atoms with E-state index < -0.39 is 0 Å². The van der Waals surface area contributed by atoms with E-state index in [1.54, 1.807) is 12.1 Å². The second kappa shape index (κ2) is 7.08. The summed E-state index contributed by atoms with van der Waals surface area (Å²) in [5.74, 6) is 2.23. The number of carbonyl (C=O) groups excluding carboxylic acids is 1. The molecule has 146 valence electrons. The van der Waals surface area contributed by atoms with Crippen molar-refractivity contribution < 1.29 is 9.18 Å². The maximum Gasteiger partial charge on any atom is 0.299 e. The molecular formula is C25H23FN2O. The molecule has 0 bridgehead atoms. The van der Waals surface area contributed by atoms with Gasteiger partial charge in [-0.1, -0.05) is 43.2 Å². The van der Waals surface area contributed by atoms with Crippen LogP contribution in [-0.4, -0.2) is 21.8 Å². The molecule has 1 saturated carbocycles. The topological polar surface area (TPSA) is 36.1 Å². The fourth-order valence-electron chi connectivity index (χ4n) is 5.36. The highest BCUT2D eigenvalue weighted by atomic mass is 19.1. The smallest absolute Gasteiger partial charge is 0.299 e. The minimum atomic E-state index is -0.333. The van der Waals surface area contributed by atoms with Gasteiger partial charge in [0, 0.05) is 22.6 Å². The zero-order valence-electron chi connectivity index (χ0n) is 16.2. The molecule has 4 heteroatoms. The molecule has 0 radical (unpaired) electrons.